The number of allylic oxidation sites excluding steroid dienone is 1. The number of hydrogen-bond acceptors (Lipinski definition) is 4. The van der Waals surface area contributed by atoms with Crippen molar-refractivity contribution in [1.29, 1.82) is 0 Å². The Kier molecular flexibility index (Phi) is 6.26. The van der Waals surface area contributed by atoms with Gasteiger partial charge in [-0.2, -0.15) is 0 Å². The first kappa shape index (κ1) is 20.9. The summed E-state index contributed by atoms with van der Waals surface area (Å²) in [5, 5.41) is 6.69. The van der Waals surface area contributed by atoms with Crippen molar-refractivity contribution in [2.75, 3.05) is 19.0 Å². The highest BCUT2D eigenvalue weighted by molar-refractivity contribution is 7.80. The topological polar surface area (TPSA) is 70.7 Å². The maximum atomic E-state index is 12.4. The van der Waals surface area contributed by atoms with E-state index in [9.17, 15) is 9.59 Å². The van der Waals surface area contributed by atoms with Crippen molar-refractivity contribution in [3.05, 3.63) is 41.1 Å². The van der Waals surface area contributed by atoms with Crippen LogP contribution >= 0.6 is 12.2 Å². The van der Waals surface area contributed by atoms with E-state index in [2.05, 4.69) is 10.6 Å². The zero-order valence-corrected chi connectivity index (χ0v) is 17.5. The number of nitrogens with zero attached hydrogens (tertiary/aromatic N) is 1. The Morgan fingerprint density at radius 3 is 2.33 bits per heavy atom. The molecule has 1 heterocycles. The predicted octanol–water partition coefficient (Wildman–Crippen LogP) is 3.37. The Balaban J connectivity index is 2.35. The number of nitrogens with one attached hydrogen (secondary N) is 2. The van der Waals surface area contributed by atoms with Crippen molar-refractivity contribution in [1.82, 2.24) is 10.2 Å². The number of thiocarbonyl (C=S) groups is 1. The number of amides is 1. The third kappa shape index (κ3) is 4.47. The van der Waals surface area contributed by atoms with Crippen LogP contribution in [0.3, 0.4) is 0 Å². The second-order valence-electron chi connectivity index (χ2n) is 7.44. The number of rotatable bonds is 4. The van der Waals surface area contributed by atoms with Gasteiger partial charge in [0.05, 0.1) is 18.7 Å². The summed E-state index contributed by atoms with van der Waals surface area (Å²) in [6, 6.07) is 6.98. The van der Waals surface area contributed by atoms with Gasteiger partial charge in [-0.15, -0.1) is 0 Å². The number of anilines is 1. The molecule has 1 amide bonds. The molecule has 0 saturated carbocycles. The van der Waals surface area contributed by atoms with Crippen LogP contribution in [0.15, 0.2) is 35.5 Å². The van der Waals surface area contributed by atoms with Crippen molar-refractivity contribution in [2.24, 2.45) is 5.41 Å². The van der Waals surface area contributed by atoms with Crippen LogP contribution in [0.25, 0.3) is 0 Å². The van der Waals surface area contributed by atoms with Gasteiger partial charge in [0.25, 0.3) is 0 Å². The molecule has 2 N–H and O–H groups in total. The van der Waals surface area contributed by atoms with E-state index in [0.717, 1.165) is 11.3 Å². The molecule has 7 heteroatoms. The number of esters is 1. The molecular weight excluding hydrogens is 362 g/mol. The van der Waals surface area contributed by atoms with Gasteiger partial charge in [0.2, 0.25) is 5.91 Å². The van der Waals surface area contributed by atoms with Crippen LogP contribution in [0.4, 0.5) is 5.69 Å². The summed E-state index contributed by atoms with van der Waals surface area (Å²) in [7, 11) is 1.37. The summed E-state index contributed by atoms with van der Waals surface area (Å²) in [6.07, 6.45) is 0. The Bertz CT molecular complexity index is 779. The Hall–Kier alpha value is -2.41. The van der Waals surface area contributed by atoms with E-state index >= 15 is 0 Å². The quantitative estimate of drug-likeness (QED) is 0.608. The SMILES string of the molecule is CCN1C(=S)NC(c2ccc(NC(=O)C(C)(C)C)cc2)C(C(=O)OC)=C1C. The number of ether oxygens (including phenoxy) is 1. The van der Waals surface area contributed by atoms with Crippen LogP contribution in [-0.2, 0) is 14.3 Å². The average Bonchev–Trinajstić information content (AvgIpc) is 2.61. The van der Waals surface area contributed by atoms with Crippen LogP contribution in [-0.4, -0.2) is 35.5 Å². The predicted molar refractivity (Wildman–Crippen MR) is 110 cm³/mol. The normalized spacial score (nSPS) is 17.5. The molecule has 0 aliphatic carbocycles. The molecule has 0 radical (unpaired) electrons. The molecule has 1 aliphatic rings. The molecule has 0 saturated heterocycles. The van der Waals surface area contributed by atoms with E-state index in [1.54, 1.807) is 0 Å². The standard InChI is InChI=1S/C20H27N3O3S/c1-7-23-12(2)15(17(24)26-6)16(22-19(23)27)13-8-10-14(11-9-13)21-18(25)20(3,4)5/h8-11,16H,7H2,1-6H3,(H,21,25)(H,22,27). The van der Waals surface area contributed by atoms with Crippen molar-refractivity contribution < 1.29 is 14.3 Å². The number of carbonyl (C=O) groups excluding carboxylic acids is 2. The molecule has 1 atom stereocenters. The molecule has 0 aromatic heterocycles. The summed E-state index contributed by atoms with van der Waals surface area (Å²) in [5.74, 6) is -0.451. The van der Waals surface area contributed by atoms with Gasteiger partial charge >= 0.3 is 5.97 Å². The molecule has 6 nitrogen and oxygen atoms in total. The van der Waals surface area contributed by atoms with Crippen molar-refractivity contribution >= 4 is 34.9 Å². The second kappa shape index (κ2) is 8.08. The first-order valence-corrected chi connectivity index (χ1v) is 9.29. The number of hydrogen-bond donors (Lipinski definition) is 2. The molecule has 1 aliphatic heterocycles. The Labute approximate surface area is 166 Å². The van der Waals surface area contributed by atoms with Gasteiger partial charge in [-0.3, -0.25) is 4.79 Å². The fourth-order valence-corrected chi connectivity index (χ4v) is 3.25. The van der Waals surface area contributed by atoms with Crippen molar-refractivity contribution in [3.63, 3.8) is 0 Å². The fraction of sp³-hybridized carbons (Fsp3) is 0.450. The molecule has 1 unspecified atom stereocenters. The summed E-state index contributed by atoms with van der Waals surface area (Å²) in [6.45, 7) is 10.1. The molecule has 0 fully saturated rings. The monoisotopic (exact) mass is 389 g/mol. The zero-order chi connectivity index (χ0) is 20.4. The lowest BCUT2D eigenvalue weighted by molar-refractivity contribution is -0.136. The van der Waals surface area contributed by atoms with E-state index in [4.69, 9.17) is 17.0 Å². The lowest BCUT2D eigenvalue weighted by atomic mass is 9.94. The van der Waals surface area contributed by atoms with Gasteiger partial charge in [-0.05, 0) is 43.8 Å². The molecule has 0 bridgehead atoms. The van der Waals surface area contributed by atoms with Gasteiger partial charge in [0, 0.05) is 23.3 Å². The van der Waals surface area contributed by atoms with E-state index in [-0.39, 0.29) is 5.91 Å². The van der Waals surface area contributed by atoms with Crippen LogP contribution in [0, 0.1) is 5.41 Å². The van der Waals surface area contributed by atoms with Gasteiger partial charge in [0.1, 0.15) is 0 Å². The Morgan fingerprint density at radius 1 is 1.26 bits per heavy atom. The molecule has 2 rings (SSSR count). The van der Waals surface area contributed by atoms with E-state index < -0.39 is 17.4 Å². The first-order chi connectivity index (χ1) is 12.6. The first-order valence-electron chi connectivity index (χ1n) is 8.88. The van der Waals surface area contributed by atoms with Crippen LogP contribution in [0.2, 0.25) is 0 Å². The largest absolute Gasteiger partial charge is 0.466 e. The highest BCUT2D eigenvalue weighted by Crippen LogP contribution is 2.32. The third-order valence-electron chi connectivity index (χ3n) is 4.50. The number of benzene rings is 1. The van der Waals surface area contributed by atoms with Gasteiger partial charge < -0.3 is 20.3 Å². The maximum Gasteiger partial charge on any atom is 0.337 e. The molecule has 0 spiro atoms. The minimum atomic E-state index is -0.475. The molecule has 27 heavy (non-hydrogen) atoms. The van der Waals surface area contributed by atoms with Gasteiger partial charge in [-0.25, -0.2) is 4.79 Å². The lowest BCUT2D eigenvalue weighted by Crippen LogP contribution is -2.47. The minimum Gasteiger partial charge on any atom is -0.466 e. The summed E-state index contributed by atoms with van der Waals surface area (Å²) < 4.78 is 4.99. The lowest BCUT2D eigenvalue weighted by Gasteiger charge is -2.36. The minimum absolute atomic E-state index is 0.0585. The molecular formula is C20H27N3O3S. The van der Waals surface area contributed by atoms with Crippen molar-refractivity contribution in [3.8, 4) is 0 Å². The van der Waals surface area contributed by atoms with E-state index in [1.807, 2.05) is 63.8 Å². The van der Waals surface area contributed by atoms with E-state index in [0.29, 0.717) is 22.9 Å². The Morgan fingerprint density at radius 2 is 1.85 bits per heavy atom. The average molecular weight is 390 g/mol. The van der Waals surface area contributed by atoms with Crippen LogP contribution in [0.1, 0.15) is 46.2 Å². The number of carbonyl (C=O) groups is 2. The molecule has 1 aromatic carbocycles. The highest BCUT2D eigenvalue weighted by Gasteiger charge is 2.34. The van der Waals surface area contributed by atoms with Crippen LogP contribution < -0.4 is 10.6 Å². The van der Waals surface area contributed by atoms with E-state index in [1.165, 1.54) is 7.11 Å². The summed E-state index contributed by atoms with van der Waals surface area (Å²) >= 11 is 5.45. The summed E-state index contributed by atoms with van der Waals surface area (Å²) in [4.78, 5) is 26.4. The van der Waals surface area contributed by atoms with Gasteiger partial charge in [0.15, 0.2) is 5.11 Å². The number of methoxy groups -OCH3 is 1. The zero-order valence-electron chi connectivity index (χ0n) is 16.7. The highest BCUT2D eigenvalue weighted by atomic mass is 32.1. The summed E-state index contributed by atoms with van der Waals surface area (Å²) in [5.41, 5.74) is 2.40. The van der Waals surface area contributed by atoms with Gasteiger partial charge in [-0.1, -0.05) is 32.9 Å². The third-order valence-corrected chi connectivity index (χ3v) is 4.84. The fourth-order valence-electron chi connectivity index (χ4n) is 2.86. The molecule has 1 aromatic rings. The molecule has 146 valence electrons. The van der Waals surface area contributed by atoms with Crippen LogP contribution in [0.5, 0.6) is 0 Å². The smallest absolute Gasteiger partial charge is 0.337 e. The maximum absolute atomic E-state index is 12.4. The second-order valence-corrected chi connectivity index (χ2v) is 7.83. The van der Waals surface area contributed by atoms with Crippen molar-refractivity contribution in [2.45, 2.75) is 40.7 Å².